The molecule has 5 nitrogen and oxygen atoms in total. The first-order valence-corrected chi connectivity index (χ1v) is 5.53. The van der Waals surface area contributed by atoms with Gasteiger partial charge in [-0.15, -0.1) is 0 Å². The van der Waals surface area contributed by atoms with Crippen LogP contribution in [0.2, 0.25) is 0 Å². The molecular weight excluding hydrogens is 251 g/mol. The van der Waals surface area contributed by atoms with Gasteiger partial charge in [-0.2, -0.15) is 0 Å². The molecule has 0 saturated carbocycles. The van der Waals surface area contributed by atoms with E-state index in [0.717, 1.165) is 11.6 Å². The van der Waals surface area contributed by atoms with E-state index in [0.29, 0.717) is 22.6 Å². The Morgan fingerprint density at radius 1 is 1.47 bits per heavy atom. The van der Waals surface area contributed by atoms with Crippen LogP contribution in [0.4, 0.5) is 4.39 Å². The summed E-state index contributed by atoms with van der Waals surface area (Å²) >= 11 is 0. The summed E-state index contributed by atoms with van der Waals surface area (Å²) in [7, 11) is 0. The Hall–Kier alpha value is -2.63. The average Bonchev–Trinajstić information content (AvgIpc) is 2.92. The van der Waals surface area contributed by atoms with Crippen LogP contribution in [0.3, 0.4) is 0 Å². The summed E-state index contributed by atoms with van der Waals surface area (Å²) in [5.74, 6) is -0.913. The summed E-state index contributed by atoms with van der Waals surface area (Å²) in [6, 6.07) is 4.08. The Morgan fingerprint density at radius 3 is 2.89 bits per heavy atom. The lowest BCUT2D eigenvalue weighted by atomic mass is 10.2. The molecular formula is C13H9FN2O3. The Kier molecular flexibility index (Phi) is 2.38. The average molecular weight is 260 g/mol. The lowest BCUT2D eigenvalue weighted by molar-refractivity contribution is 0.0692. The van der Waals surface area contributed by atoms with Gasteiger partial charge in [-0.05, 0) is 19.1 Å². The molecule has 0 saturated heterocycles. The molecule has 1 aromatic carbocycles. The van der Waals surface area contributed by atoms with Gasteiger partial charge in [-0.25, -0.2) is 14.2 Å². The van der Waals surface area contributed by atoms with Gasteiger partial charge in [0.1, 0.15) is 17.4 Å². The summed E-state index contributed by atoms with van der Waals surface area (Å²) in [5.41, 5.74) is 1.20. The molecule has 0 spiro atoms. The maximum Gasteiger partial charge on any atom is 0.338 e. The van der Waals surface area contributed by atoms with E-state index in [9.17, 15) is 9.18 Å². The van der Waals surface area contributed by atoms with Crippen molar-refractivity contribution in [3.8, 4) is 11.4 Å². The van der Waals surface area contributed by atoms with Gasteiger partial charge in [0, 0.05) is 6.07 Å². The number of carboxylic acids is 1. The van der Waals surface area contributed by atoms with Crippen LogP contribution < -0.4 is 0 Å². The number of furan rings is 1. The molecule has 3 rings (SSSR count). The number of benzene rings is 1. The van der Waals surface area contributed by atoms with Gasteiger partial charge in [0.05, 0.1) is 28.4 Å². The van der Waals surface area contributed by atoms with Crippen molar-refractivity contribution in [1.82, 2.24) is 9.97 Å². The summed E-state index contributed by atoms with van der Waals surface area (Å²) in [4.78, 5) is 18.1. The second-order valence-electron chi connectivity index (χ2n) is 4.13. The maximum absolute atomic E-state index is 13.6. The van der Waals surface area contributed by atoms with Crippen LogP contribution in [0, 0.1) is 12.7 Å². The van der Waals surface area contributed by atoms with Crippen LogP contribution in [-0.4, -0.2) is 21.0 Å². The SMILES string of the molecule is Cc1occc1-c1nc2cc(C(=O)O)c(F)cc2[nH]1. The number of hydrogen-bond acceptors (Lipinski definition) is 3. The van der Waals surface area contributed by atoms with E-state index < -0.39 is 17.3 Å². The first-order valence-electron chi connectivity index (χ1n) is 5.53. The van der Waals surface area contributed by atoms with Crippen LogP contribution in [-0.2, 0) is 0 Å². The molecule has 0 aliphatic rings. The number of nitrogens with zero attached hydrogens (tertiary/aromatic N) is 1. The zero-order valence-corrected chi connectivity index (χ0v) is 9.90. The number of aryl methyl sites for hydroxylation is 1. The normalized spacial score (nSPS) is 11.1. The third-order valence-corrected chi connectivity index (χ3v) is 2.92. The monoisotopic (exact) mass is 260 g/mol. The smallest absolute Gasteiger partial charge is 0.338 e. The predicted molar refractivity (Wildman–Crippen MR) is 65.4 cm³/mol. The van der Waals surface area contributed by atoms with Crippen molar-refractivity contribution in [3.63, 3.8) is 0 Å². The predicted octanol–water partition coefficient (Wildman–Crippen LogP) is 2.97. The van der Waals surface area contributed by atoms with Gasteiger partial charge in [0.25, 0.3) is 0 Å². The zero-order valence-electron chi connectivity index (χ0n) is 9.90. The molecule has 2 N–H and O–H groups in total. The largest absolute Gasteiger partial charge is 0.478 e. The molecule has 3 aromatic rings. The molecule has 0 unspecified atom stereocenters. The number of carbonyl (C=O) groups is 1. The number of aromatic carboxylic acids is 1. The number of imidazole rings is 1. The van der Waals surface area contributed by atoms with Gasteiger partial charge in [0.2, 0.25) is 0 Å². The molecule has 0 radical (unpaired) electrons. The highest BCUT2D eigenvalue weighted by Crippen LogP contribution is 2.25. The number of halogens is 1. The number of fused-ring (bicyclic) bond motifs is 1. The number of carboxylic acid groups (broad SMARTS) is 1. The van der Waals surface area contributed by atoms with Crippen LogP contribution >= 0.6 is 0 Å². The first kappa shape index (κ1) is 11.5. The summed E-state index contributed by atoms with van der Waals surface area (Å²) in [6.07, 6.45) is 1.53. The molecule has 2 heterocycles. The van der Waals surface area contributed by atoms with Crippen molar-refractivity contribution in [2.24, 2.45) is 0 Å². The zero-order chi connectivity index (χ0) is 13.6. The van der Waals surface area contributed by atoms with Gasteiger partial charge in [-0.1, -0.05) is 0 Å². The van der Waals surface area contributed by atoms with Crippen molar-refractivity contribution < 1.29 is 18.7 Å². The minimum Gasteiger partial charge on any atom is -0.478 e. The summed E-state index contributed by atoms with van der Waals surface area (Å²) in [6.45, 7) is 1.78. The second kappa shape index (κ2) is 3.94. The Labute approximate surface area is 106 Å². The highest BCUT2D eigenvalue weighted by Gasteiger charge is 2.15. The quantitative estimate of drug-likeness (QED) is 0.742. The van der Waals surface area contributed by atoms with Crippen LogP contribution in [0.15, 0.2) is 28.9 Å². The number of aromatic nitrogens is 2. The second-order valence-corrected chi connectivity index (χ2v) is 4.13. The topological polar surface area (TPSA) is 79.1 Å². The highest BCUT2D eigenvalue weighted by molar-refractivity contribution is 5.93. The van der Waals surface area contributed by atoms with Gasteiger partial charge in [0.15, 0.2) is 0 Å². The fourth-order valence-corrected chi connectivity index (χ4v) is 1.95. The van der Waals surface area contributed by atoms with Gasteiger partial charge < -0.3 is 14.5 Å². The fraction of sp³-hybridized carbons (Fsp3) is 0.0769. The van der Waals surface area contributed by atoms with Crippen molar-refractivity contribution in [1.29, 1.82) is 0 Å². The molecule has 0 atom stereocenters. The van der Waals surface area contributed by atoms with E-state index in [2.05, 4.69) is 9.97 Å². The summed E-state index contributed by atoms with van der Waals surface area (Å²) < 4.78 is 18.7. The van der Waals surface area contributed by atoms with Crippen molar-refractivity contribution >= 4 is 17.0 Å². The number of aromatic amines is 1. The standard InChI is InChI=1S/C13H9FN2O3/c1-6-7(2-3-19-6)12-15-10-4-8(13(17)18)9(14)5-11(10)16-12/h2-5H,1H3,(H,15,16)(H,17,18). The van der Waals surface area contributed by atoms with E-state index >= 15 is 0 Å². The Balaban J connectivity index is 2.21. The maximum atomic E-state index is 13.6. The molecule has 0 bridgehead atoms. The first-order chi connectivity index (χ1) is 9.06. The molecule has 0 amide bonds. The van der Waals surface area contributed by atoms with Crippen LogP contribution in [0.5, 0.6) is 0 Å². The molecule has 0 aliphatic carbocycles. The molecule has 19 heavy (non-hydrogen) atoms. The minimum absolute atomic E-state index is 0.394. The molecule has 0 aliphatic heterocycles. The number of rotatable bonds is 2. The Morgan fingerprint density at radius 2 is 2.26 bits per heavy atom. The van der Waals surface area contributed by atoms with E-state index in [-0.39, 0.29) is 0 Å². The lowest BCUT2D eigenvalue weighted by Crippen LogP contribution is -1.99. The third-order valence-electron chi connectivity index (χ3n) is 2.92. The van der Waals surface area contributed by atoms with E-state index in [1.165, 1.54) is 12.3 Å². The number of H-pyrrole nitrogens is 1. The van der Waals surface area contributed by atoms with Gasteiger partial charge in [-0.3, -0.25) is 0 Å². The van der Waals surface area contributed by atoms with E-state index in [1.54, 1.807) is 13.0 Å². The van der Waals surface area contributed by atoms with E-state index in [4.69, 9.17) is 9.52 Å². The van der Waals surface area contributed by atoms with Crippen LogP contribution in [0.25, 0.3) is 22.4 Å². The minimum atomic E-state index is -1.32. The molecule has 6 heteroatoms. The van der Waals surface area contributed by atoms with Crippen molar-refractivity contribution in [3.05, 3.63) is 41.6 Å². The highest BCUT2D eigenvalue weighted by atomic mass is 19.1. The summed E-state index contributed by atoms with van der Waals surface area (Å²) in [5, 5.41) is 8.87. The molecule has 96 valence electrons. The van der Waals surface area contributed by atoms with Gasteiger partial charge >= 0.3 is 5.97 Å². The number of hydrogen-bond donors (Lipinski definition) is 2. The number of nitrogens with one attached hydrogen (secondary N) is 1. The van der Waals surface area contributed by atoms with Crippen molar-refractivity contribution in [2.75, 3.05) is 0 Å². The lowest BCUT2D eigenvalue weighted by Gasteiger charge is -1.95. The molecule has 0 fully saturated rings. The fourth-order valence-electron chi connectivity index (χ4n) is 1.95. The Bertz CT molecular complexity index is 788. The van der Waals surface area contributed by atoms with Crippen molar-refractivity contribution in [2.45, 2.75) is 6.92 Å². The van der Waals surface area contributed by atoms with Crippen LogP contribution in [0.1, 0.15) is 16.1 Å². The van der Waals surface area contributed by atoms with E-state index in [1.807, 2.05) is 0 Å². The molecule has 2 aromatic heterocycles. The third kappa shape index (κ3) is 1.77.